The Morgan fingerprint density at radius 3 is 2.36 bits per heavy atom. The van der Waals surface area contributed by atoms with Crippen LogP contribution in [0, 0.1) is 0 Å². The molecule has 1 N–H and O–H groups in total. The fourth-order valence-corrected chi connectivity index (χ4v) is 3.83. The number of nitrogens with zero attached hydrogens (tertiary/aromatic N) is 1. The van der Waals surface area contributed by atoms with E-state index in [-0.39, 0.29) is 36.9 Å². The molecule has 1 aliphatic rings. The first kappa shape index (κ1) is 25.1. The summed E-state index contributed by atoms with van der Waals surface area (Å²) in [6.07, 6.45) is 0.201. The largest absolute Gasteiger partial charge is 0.493 e. The van der Waals surface area contributed by atoms with Gasteiger partial charge in [0.15, 0.2) is 6.61 Å². The maximum absolute atomic E-state index is 12.6. The summed E-state index contributed by atoms with van der Waals surface area (Å²) < 4.78 is 17.1. The summed E-state index contributed by atoms with van der Waals surface area (Å²) >= 11 is 0. The first-order valence-electron chi connectivity index (χ1n) is 12.1. The number of anilines is 2. The Labute approximate surface area is 212 Å². The molecule has 7 heteroatoms. The Kier molecular flexibility index (Phi) is 7.78. The van der Waals surface area contributed by atoms with Gasteiger partial charge in [-0.3, -0.25) is 9.59 Å². The molecule has 0 unspecified atom stereocenters. The number of hydrogen-bond donors (Lipinski definition) is 1. The maximum Gasteiger partial charge on any atom is 0.265 e. The predicted octanol–water partition coefficient (Wildman–Crippen LogP) is 5.20. The molecule has 36 heavy (non-hydrogen) atoms. The number of rotatable bonds is 9. The summed E-state index contributed by atoms with van der Waals surface area (Å²) in [6.45, 7) is 7.42. The number of amides is 2. The van der Waals surface area contributed by atoms with E-state index in [2.05, 4.69) is 38.2 Å². The van der Waals surface area contributed by atoms with Crippen LogP contribution in [-0.4, -0.2) is 38.2 Å². The topological polar surface area (TPSA) is 77.1 Å². The van der Waals surface area contributed by atoms with Gasteiger partial charge in [-0.2, -0.15) is 0 Å². The van der Waals surface area contributed by atoms with E-state index in [9.17, 15) is 9.59 Å². The molecule has 1 aliphatic heterocycles. The van der Waals surface area contributed by atoms with Crippen molar-refractivity contribution in [1.82, 2.24) is 0 Å². The average molecular weight is 489 g/mol. The van der Waals surface area contributed by atoms with Gasteiger partial charge < -0.3 is 24.4 Å². The summed E-state index contributed by atoms with van der Waals surface area (Å²) in [5.41, 5.74) is 2.50. The Morgan fingerprint density at radius 1 is 0.944 bits per heavy atom. The van der Waals surface area contributed by atoms with Gasteiger partial charge in [-0.15, -0.1) is 0 Å². The fraction of sp³-hybridized carbons (Fsp3) is 0.310. The molecular weight excluding hydrogens is 456 g/mol. The van der Waals surface area contributed by atoms with Crippen LogP contribution in [0.1, 0.15) is 32.8 Å². The van der Waals surface area contributed by atoms with Crippen molar-refractivity contribution in [2.45, 2.75) is 32.6 Å². The normalized spacial score (nSPS) is 13.0. The smallest absolute Gasteiger partial charge is 0.265 e. The molecule has 3 aromatic carbocycles. The van der Waals surface area contributed by atoms with E-state index in [0.29, 0.717) is 30.3 Å². The summed E-state index contributed by atoms with van der Waals surface area (Å²) in [5, 5.41) is 2.87. The Morgan fingerprint density at radius 2 is 1.64 bits per heavy atom. The first-order valence-corrected chi connectivity index (χ1v) is 12.1. The number of carbonyl (C=O) groups is 2. The van der Waals surface area contributed by atoms with Gasteiger partial charge >= 0.3 is 0 Å². The van der Waals surface area contributed by atoms with Crippen LogP contribution in [0.25, 0.3) is 0 Å². The zero-order valence-electron chi connectivity index (χ0n) is 21.0. The molecule has 7 nitrogen and oxygen atoms in total. The lowest BCUT2D eigenvalue weighted by molar-refractivity contribution is -0.121. The molecule has 0 saturated heterocycles. The number of benzene rings is 3. The highest BCUT2D eigenvalue weighted by atomic mass is 16.5. The zero-order chi connectivity index (χ0) is 25.5. The average Bonchev–Trinajstić information content (AvgIpc) is 2.86. The molecule has 3 aromatic rings. The number of hydrogen-bond acceptors (Lipinski definition) is 5. The van der Waals surface area contributed by atoms with E-state index in [0.717, 1.165) is 11.5 Å². The highest BCUT2D eigenvalue weighted by molar-refractivity contribution is 5.99. The van der Waals surface area contributed by atoms with Crippen molar-refractivity contribution in [2.24, 2.45) is 0 Å². The summed E-state index contributed by atoms with van der Waals surface area (Å²) in [7, 11) is 0. The van der Waals surface area contributed by atoms with Crippen LogP contribution in [-0.2, 0) is 15.0 Å². The third kappa shape index (κ3) is 6.56. The number of nitrogens with one attached hydrogen (secondary N) is 1. The lowest BCUT2D eigenvalue weighted by atomic mass is 9.87. The fourth-order valence-electron chi connectivity index (χ4n) is 3.83. The van der Waals surface area contributed by atoms with Crippen LogP contribution in [0.3, 0.4) is 0 Å². The van der Waals surface area contributed by atoms with Crippen LogP contribution < -0.4 is 24.4 Å². The summed E-state index contributed by atoms with van der Waals surface area (Å²) in [5.74, 6) is 1.73. The minimum absolute atomic E-state index is 0.0319. The second-order valence-electron chi connectivity index (χ2n) is 9.60. The highest BCUT2D eigenvalue weighted by Crippen LogP contribution is 2.34. The molecular formula is C29H32N2O5. The molecule has 0 aliphatic carbocycles. The van der Waals surface area contributed by atoms with E-state index in [1.807, 2.05) is 42.5 Å². The minimum Gasteiger partial charge on any atom is -0.493 e. The van der Waals surface area contributed by atoms with Crippen LogP contribution in [0.5, 0.6) is 17.2 Å². The van der Waals surface area contributed by atoms with Crippen LogP contribution in [0.2, 0.25) is 0 Å². The zero-order valence-corrected chi connectivity index (χ0v) is 21.0. The van der Waals surface area contributed by atoms with Crippen molar-refractivity contribution in [3.63, 3.8) is 0 Å². The molecule has 0 aromatic heterocycles. The molecule has 0 bridgehead atoms. The highest BCUT2D eigenvalue weighted by Gasteiger charge is 2.26. The van der Waals surface area contributed by atoms with Crippen molar-refractivity contribution in [3.05, 3.63) is 78.4 Å². The number of carbonyl (C=O) groups excluding carboxylic acids is 2. The van der Waals surface area contributed by atoms with Crippen LogP contribution in [0.4, 0.5) is 11.4 Å². The van der Waals surface area contributed by atoms with E-state index < -0.39 is 0 Å². The molecule has 0 saturated carbocycles. The van der Waals surface area contributed by atoms with Crippen molar-refractivity contribution in [2.75, 3.05) is 36.6 Å². The first-order chi connectivity index (χ1) is 17.3. The van der Waals surface area contributed by atoms with Crippen molar-refractivity contribution >= 4 is 23.2 Å². The van der Waals surface area contributed by atoms with E-state index in [1.165, 1.54) is 5.56 Å². The number of ether oxygens (including phenoxy) is 3. The number of para-hydroxylation sites is 1. The second kappa shape index (κ2) is 11.2. The summed E-state index contributed by atoms with van der Waals surface area (Å²) in [4.78, 5) is 26.6. The third-order valence-corrected chi connectivity index (χ3v) is 5.83. The van der Waals surface area contributed by atoms with Gasteiger partial charge in [-0.1, -0.05) is 51.1 Å². The molecule has 1 heterocycles. The van der Waals surface area contributed by atoms with Gasteiger partial charge in [0.25, 0.3) is 5.91 Å². The molecule has 4 rings (SSSR count). The van der Waals surface area contributed by atoms with Gasteiger partial charge in [0, 0.05) is 5.69 Å². The van der Waals surface area contributed by atoms with Gasteiger partial charge in [0.2, 0.25) is 5.91 Å². The quantitative estimate of drug-likeness (QED) is 0.448. The Bertz CT molecular complexity index is 1190. The second-order valence-corrected chi connectivity index (χ2v) is 9.60. The van der Waals surface area contributed by atoms with Crippen LogP contribution in [0.15, 0.2) is 72.8 Å². The number of fused-ring (bicyclic) bond motifs is 1. The van der Waals surface area contributed by atoms with Crippen molar-refractivity contribution in [3.8, 4) is 17.2 Å². The molecule has 188 valence electrons. The third-order valence-electron chi connectivity index (χ3n) is 5.83. The van der Waals surface area contributed by atoms with E-state index in [1.54, 1.807) is 23.1 Å². The lowest BCUT2D eigenvalue weighted by Gasteiger charge is -2.29. The van der Waals surface area contributed by atoms with Gasteiger partial charge in [-0.05, 0) is 53.4 Å². The monoisotopic (exact) mass is 488 g/mol. The van der Waals surface area contributed by atoms with E-state index >= 15 is 0 Å². The van der Waals surface area contributed by atoms with Crippen LogP contribution >= 0.6 is 0 Å². The van der Waals surface area contributed by atoms with Crippen molar-refractivity contribution < 1.29 is 23.8 Å². The van der Waals surface area contributed by atoms with E-state index in [4.69, 9.17) is 14.2 Å². The maximum atomic E-state index is 12.6. The SMILES string of the molecule is CC(C)(C)c1ccc(OCCN2C(=O)COc3ccc(NC(=O)CCOc4ccccc4)cc32)cc1. The molecule has 0 radical (unpaired) electrons. The molecule has 0 fully saturated rings. The van der Waals surface area contributed by atoms with Gasteiger partial charge in [0.1, 0.15) is 23.9 Å². The molecule has 2 amide bonds. The molecule has 0 spiro atoms. The Hall–Kier alpha value is -4.00. The minimum atomic E-state index is -0.178. The standard InChI is InChI=1S/C29H32N2O5/c1-29(2,3)21-9-12-24(13-10-21)35-18-16-31-25-19-22(11-14-26(25)36-20-28(31)33)30-27(32)15-17-34-23-7-5-4-6-8-23/h4-14,19H,15-18,20H2,1-3H3,(H,30,32). The predicted molar refractivity (Wildman–Crippen MR) is 140 cm³/mol. The Balaban J connectivity index is 1.33. The lowest BCUT2D eigenvalue weighted by Crippen LogP contribution is -2.41. The van der Waals surface area contributed by atoms with Crippen molar-refractivity contribution in [1.29, 1.82) is 0 Å². The van der Waals surface area contributed by atoms with Gasteiger partial charge in [0.05, 0.1) is 25.3 Å². The molecule has 0 atom stereocenters. The summed E-state index contributed by atoms with van der Waals surface area (Å²) in [6, 6.07) is 22.6. The van der Waals surface area contributed by atoms with Gasteiger partial charge in [-0.25, -0.2) is 0 Å².